The van der Waals surface area contributed by atoms with Crippen LogP contribution in [0.3, 0.4) is 0 Å². The molecule has 10 nitrogen and oxygen atoms in total. The summed E-state index contributed by atoms with van der Waals surface area (Å²) < 4.78 is 6.64. The van der Waals surface area contributed by atoms with Crippen LogP contribution in [0.4, 0.5) is 5.95 Å². The molecule has 1 fully saturated rings. The first-order valence-corrected chi connectivity index (χ1v) is 5.87. The Bertz CT molecular complexity index is 697. The topological polar surface area (TPSA) is 160 Å². The molecule has 0 unspecified atom stereocenters. The first-order valence-electron chi connectivity index (χ1n) is 5.87. The van der Waals surface area contributed by atoms with E-state index in [9.17, 15) is 15.0 Å². The Labute approximate surface area is 111 Å². The second kappa shape index (κ2) is 4.52. The molecule has 20 heavy (non-hydrogen) atoms. The molecule has 3 heterocycles. The SMILES string of the molecule is [15NH2]c1nc2c(ncn2[C@@H]2O[C@H](CO)[C@@H](O)[C@H]2O)c(=O)[nH]1. The Balaban J connectivity index is 2.09. The van der Waals surface area contributed by atoms with Gasteiger partial charge in [-0.2, -0.15) is 4.98 Å². The largest absolute Gasteiger partial charge is 0.394 e. The highest BCUT2D eigenvalue weighted by Gasteiger charge is 2.44. The lowest BCUT2D eigenvalue weighted by molar-refractivity contribution is -0.0511. The number of nitrogens with two attached hydrogens (primary N) is 1. The summed E-state index contributed by atoms with van der Waals surface area (Å²) in [6, 6.07) is 0. The van der Waals surface area contributed by atoms with Crippen LogP contribution in [-0.2, 0) is 4.74 Å². The number of aliphatic hydroxyl groups is 3. The summed E-state index contributed by atoms with van der Waals surface area (Å²) in [4.78, 5) is 21.8. The highest BCUT2D eigenvalue weighted by atomic mass is 16.6. The molecule has 1 saturated heterocycles. The van der Waals surface area contributed by atoms with Gasteiger partial charge < -0.3 is 25.8 Å². The van der Waals surface area contributed by atoms with Crippen LogP contribution in [0.25, 0.3) is 11.2 Å². The number of hydrogen-bond donors (Lipinski definition) is 5. The minimum Gasteiger partial charge on any atom is -0.394 e. The highest BCUT2D eigenvalue weighted by molar-refractivity contribution is 5.70. The zero-order valence-corrected chi connectivity index (χ0v) is 10.2. The maximum Gasteiger partial charge on any atom is 0.280 e. The van der Waals surface area contributed by atoms with E-state index in [0.717, 1.165) is 0 Å². The molecule has 0 aromatic carbocycles. The van der Waals surface area contributed by atoms with E-state index < -0.39 is 36.7 Å². The molecule has 0 saturated carbocycles. The molecule has 0 amide bonds. The van der Waals surface area contributed by atoms with Crippen molar-refractivity contribution >= 4 is 17.1 Å². The molecule has 3 rings (SSSR count). The minimum absolute atomic E-state index is 0.0388. The number of imidazole rings is 1. The third kappa shape index (κ3) is 1.78. The van der Waals surface area contributed by atoms with Crippen molar-refractivity contribution < 1.29 is 20.1 Å². The van der Waals surface area contributed by atoms with Gasteiger partial charge in [0.15, 0.2) is 17.4 Å². The van der Waals surface area contributed by atoms with E-state index in [4.69, 9.17) is 15.6 Å². The molecular formula is C10H13N5O5. The molecule has 2 aromatic rings. The number of H-pyrrole nitrogens is 1. The molecule has 0 aliphatic carbocycles. The number of aliphatic hydroxyl groups excluding tert-OH is 3. The van der Waals surface area contributed by atoms with Gasteiger partial charge in [-0.25, -0.2) is 4.98 Å². The molecule has 4 atom stereocenters. The van der Waals surface area contributed by atoms with Gasteiger partial charge in [-0.1, -0.05) is 0 Å². The fourth-order valence-electron chi connectivity index (χ4n) is 2.24. The number of nitrogen functional groups attached to an aromatic ring is 1. The molecule has 1 aliphatic heterocycles. The van der Waals surface area contributed by atoms with Gasteiger partial charge in [0.1, 0.15) is 18.3 Å². The van der Waals surface area contributed by atoms with Gasteiger partial charge in [0.2, 0.25) is 5.95 Å². The average molecular weight is 284 g/mol. The number of fused-ring (bicyclic) bond motifs is 1. The van der Waals surface area contributed by atoms with E-state index in [0.29, 0.717) is 0 Å². The fraction of sp³-hybridized carbons (Fsp3) is 0.500. The lowest BCUT2D eigenvalue weighted by Gasteiger charge is -2.16. The Morgan fingerprint density at radius 1 is 1.45 bits per heavy atom. The van der Waals surface area contributed by atoms with Gasteiger partial charge in [0.05, 0.1) is 12.9 Å². The molecule has 2 aromatic heterocycles. The van der Waals surface area contributed by atoms with Gasteiger partial charge >= 0.3 is 0 Å². The second-order valence-corrected chi connectivity index (χ2v) is 4.50. The van der Waals surface area contributed by atoms with Crippen molar-refractivity contribution in [3.8, 4) is 0 Å². The lowest BCUT2D eigenvalue weighted by atomic mass is 10.1. The maximum atomic E-state index is 11.7. The summed E-state index contributed by atoms with van der Waals surface area (Å²) in [7, 11) is 0. The van der Waals surface area contributed by atoms with Crippen molar-refractivity contribution in [2.24, 2.45) is 0 Å². The molecule has 108 valence electrons. The van der Waals surface area contributed by atoms with Crippen molar-refractivity contribution in [2.45, 2.75) is 24.5 Å². The van der Waals surface area contributed by atoms with Crippen molar-refractivity contribution in [1.29, 1.82) is 0 Å². The first-order chi connectivity index (χ1) is 9.52. The van der Waals surface area contributed by atoms with Gasteiger partial charge in [0, 0.05) is 0 Å². The summed E-state index contributed by atoms with van der Waals surface area (Å²) >= 11 is 0. The van der Waals surface area contributed by atoms with Gasteiger partial charge in [-0.3, -0.25) is 14.3 Å². The molecule has 6 N–H and O–H groups in total. The third-order valence-corrected chi connectivity index (χ3v) is 3.24. The molecule has 0 radical (unpaired) electrons. The summed E-state index contributed by atoms with van der Waals surface area (Å²) in [5.41, 5.74) is 5.12. The molecule has 1 aliphatic rings. The number of anilines is 1. The van der Waals surface area contributed by atoms with E-state index in [-0.39, 0.29) is 17.1 Å². The average Bonchev–Trinajstić information content (AvgIpc) is 2.93. The number of aromatic amines is 1. The van der Waals surface area contributed by atoms with Crippen LogP contribution in [0.15, 0.2) is 11.1 Å². The predicted octanol–water partition coefficient (Wildman–Crippen LogP) is -2.69. The number of hydrogen-bond acceptors (Lipinski definition) is 8. The summed E-state index contributed by atoms with van der Waals surface area (Å²) in [6.45, 7) is -0.447. The van der Waals surface area contributed by atoms with Crippen molar-refractivity contribution in [3.05, 3.63) is 16.7 Å². The molecule has 10 heteroatoms. The molecule has 0 bridgehead atoms. The number of ether oxygens (including phenoxy) is 1. The Morgan fingerprint density at radius 2 is 2.20 bits per heavy atom. The van der Waals surface area contributed by atoms with E-state index >= 15 is 0 Å². The van der Waals surface area contributed by atoms with Crippen LogP contribution < -0.4 is 11.3 Å². The number of nitrogens with zero attached hydrogens (tertiary/aromatic N) is 3. The fourth-order valence-corrected chi connectivity index (χ4v) is 2.24. The third-order valence-electron chi connectivity index (χ3n) is 3.24. The number of nitrogens with one attached hydrogen (secondary N) is 1. The van der Waals surface area contributed by atoms with E-state index in [2.05, 4.69) is 15.0 Å². The first kappa shape index (κ1) is 13.0. The normalized spacial score (nSPS) is 30.1. The van der Waals surface area contributed by atoms with Gasteiger partial charge in [-0.05, 0) is 0 Å². The van der Waals surface area contributed by atoms with E-state index in [1.165, 1.54) is 10.9 Å². The van der Waals surface area contributed by atoms with Crippen LogP contribution >= 0.6 is 0 Å². The summed E-state index contributed by atoms with van der Waals surface area (Å²) in [6.07, 6.45) is -3.21. The quantitative estimate of drug-likeness (QED) is 0.373. The van der Waals surface area contributed by atoms with Crippen molar-refractivity contribution in [1.82, 2.24) is 19.5 Å². The zero-order chi connectivity index (χ0) is 14.4. The Kier molecular flexibility index (Phi) is 2.94. The smallest absolute Gasteiger partial charge is 0.280 e. The highest BCUT2D eigenvalue weighted by Crippen LogP contribution is 2.30. The van der Waals surface area contributed by atoms with Gasteiger partial charge in [-0.15, -0.1) is 0 Å². The molecular weight excluding hydrogens is 271 g/mol. The van der Waals surface area contributed by atoms with Gasteiger partial charge in [0.25, 0.3) is 5.56 Å². The van der Waals surface area contributed by atoms with Crippen LogP contribution in [0.5, 0.6) is 0 Å². The Morgan fingerprint density at radius 3 is 2.85 bits per heavy atom. The molecule has 0 spiro atoms. The monoisotopic (exact) mass is 284 g/mol. The maximum absolute atomic E-state index is 11.7. The van der Waals surface area contributed by atoms with Crippen molar-refractivity contribution in [3.63, 3.8) is 0 Å². The zero-order valence-electron chi connectivity index (χ0n) is 10.2. The Hall–Kier alpha value is -2.01. The van der Waals surface area contributed by atoms with Crippen LogP contribution in [0, 0.1) is 0 Å². The van der Waals surface area contributed by atoms with Crippen LogP contribution in [0.1, 0.15) is 6.23 Å². The van der Waals surface area contributed by atoms with E-state index in [1.54, 1.807) is 0 Å². The van der Waals surface area contributed by atoms with Crippen molar-refractivity contribution in [2.75, 3.05) is 12.3 Å². The van der Waals surface area contributed by atoms with Crippen LogP contribution in [-0.4, -0.2) is 59.8 Å². The lowest BCUT2D eigenvalue weighted by Crippen LogP contribution is -2.33. The predicted molar refractivity (Wildman–Crippen MR) is 65.6 cm³/mol. The minimum atomic E-state index is -1.29. The second-order valence-electron chi connectivity index (χ2n) is 4.50. The summed E-state index contributed by atoms with van der Waals surface area (Å²) in [5, 5.41) is 28.7. The standard InChI is InChI=1S/C10H13N5O5/c11-10-13-7-4(8(19)14-10)12-2-15(7)9-6(18)5(17)3(1-16)20-9/h2-3,5-6,9,16-18H,1H2,(H3,11,13,14,19)/t3-,5-,6-,9-/m1/s1/i11+1. The number of rotatable bonds is 2. The van der Waals surface area contributed by atoms with E-state index in [1.807, 2.05) is 0 Å². The number of aromatic nitrogens is 4. The summed E-state index contributed by atoms with van der Waals surface area (Å²) in [5.74, 6) is -0.101. The van der Waals surface area contributed by atoms with Crippen LogP contribution in [0.2, 0.25) is 0 Å².